The lowest BCUT2D eigenvalue weighted by molar-refractivity contribution is -0.118. The highest BCUT2D eigenvalue weighted by Gasteiger charge is 2.20. The van der Waals surface area contributed by atoms with Gasteiger partial charge < -0.3 is 10.6 Å². The molecule has 0 heterocycles. The van der Waals surface area contributed by atoms with Gasteiger partial charge in [0.1, 0.15) is 0 Å². The average Bonchev–Trinajstić information content (AvgIpc) is 2.29. The standard InChI is InChI=1S/C14H19BrN2O2/c1-9(2)7-17(8-13(16)18)14(19)11-6-10(3)4-5-12(11)15/h4-6,9H,7-8H2,1-3H3,(H2,16,18). The Kier molecular flexibility index (Phi) is 5.54. The summed E-state index contributed by atoms with van der Waals surface area (Å²) in [6.07, 6.45) is 0. The second-order valence-electron chi connectivity index (χ2n) is 5.03. The molecule has 1 rings (SSSR count). The second-order valence-corrected chi connectivity index (χ2v) is 5.88. The summed E-state index contributed by atoms with van der Waals surface area (Å²) in [6, 6.07) is 5.56. The van der Waals surface area contributed by atoms with Crippen molar-refractivity contribution in [1.82, 2.24) is 4.90 Å². The van der Waals surface area contributed by atoms with E-state index in [4.69, 9.17) is 5.73 Å². The van der Waals surface area contributed by atoms with Crippen molar-refractivity contribution in [2.24, 2.45) is 11.7 Å². The van der Waals surface area contributed by atoms with Crippen LogP contribution in [-0.2, 0) is 4.79 Å². The Morgan fingerprint density at radius 3 is 2.53 bits per heavy atom. The Labute approximate surface area is 122 Å². The molecule has 0 unspecified atom stereocenters. The average molecular weight is 327 g/mol. The van der Waals surface area contributed by atoms with Crippen LogP contribution in [0.4, 0.5) is 0 Å². The van der Waals surface area contributed by atoms with Gasteiger partial charge in [0.2, 0.25) is 5.91 Å². The fourth-order valence-corrected chi connectivity index (χ4v) is 2.24. The molecule has 0 spiro atoms. The molecule has 0 bridgehead atoms. The lowest BCUT2D eigenvalue weighted by Gasteiger charge is -2.23. The maximum atomic E-state index is 12.5. The molecule has 104 valence electrons. The molecule has 0 aliphatic rings. The lowest BCUT2D eigenvalue weighted by Crippen LogP contribution is -2.40. The van der Waals surface area contributed by atoms with E-state index in [-0.39, 0.29) is 18.4 Å². The van der Waals surface area contributed by atoms with Crippen molar-refractivity contribution in [2.75, 3.05) is 13.1 Å². The van der Waals surface area contributed by atoms with Crippen LogP contribution in [0.2, 0.25) is 0 Å². The van der Waals surface area contributed by atoms with Crippen LogP contribution in [0.25, 0.3) is 0 Å². The van der Waals surface area contributed by atoms with E-state index in [9.17, 15) is 9.59 Å². The van der Waals surface area contributed by atoms with Crippen molar-refractivity contribution in [1.29, 1.82) is 0 Å². The number of benzene rings is 1. The number of primary amides is 1. The summed E-state index contributed by atoms with van der Waals surface area (Å²) in [5, 5.41) is 0. The number of rotatable bonds is 5. The normalized spacial score (nSPS) is 10.6. The fourth-order valence-electron chi connectivity index (χ4n) is 1.82. The van der Waals surface area contributed by atoms with Crippen molar-refractivity contribution in [3.8, 4) is 0 Å². The zero-order valence-corrected chi connectivity index (χ0v) is 13.0. The van der Waals surface area contributed by atoms with Gasteiger partial charge in [0.15, 0.2) is 0 Å². The molecule has 19 heavy (non-hydrogen) atoms. The third-order valence-electron chi connectivity index (χ3n) is 2.57. The Hall–Kier alpha value is -1.36. The van der Waals surface area contributed by atoms with Gasteiger partial charge in [-0.3, -0.25) is 9.59 Å². The first-order chi connectivity index (χ1) is 8.81. The number of nitrogens with two attached hydrogens (primary N) is 1. The molecule has 1 aromatic rings. The summed E-state index contributed by atoms with van der Waals surface area (Å²) in [7, 11) is 0. The molecule has 0 aliphatic heterocycles. The number of carbonyl (C=O) groups is 2. The number of carbonyl (C=O) groups excluding carboxylic acids is 2. The Bertz CT molecular complexity index is 486. The molecule has 1 aromatic carbocycles. The van der Waals surface area contributed by atoms with Gasteiger partial charge in [-0.2, -0.15) is 0 Å². The number of hydrogen-bond donors (Lipinski definition) is 1. The third kappa shape index (κ3) is 4.67. The van der Waals surface area contributed by atoms with Gasteiger partial charge >= 0.3 is 0 Å². The summed E-state index contributed by atoms with van der Waals surface area (Å²) in [5.74, 6) is -0.410. The van der Waals surface area contributed by atoms with Crippen LogP contribution < -0.4 is 5.73 Å². The number of hydrogen-bond acceptors (Lipinski definition) is 2. The topological polar surface area (TPSA) is 63.4 Å². The molecule has 0 fully saturated rings. The fraction of sp³-hybridized carbons (Fsp3) is 0.429. The van der Waals surface area contributed by atoms with Crippen molar-refractivity contribution < 1.29 is 9.59 Å². The SMILES string of the molecule is Cc1ccc(Br)c(C(=O)N(CC(N)=O)CC(C)C)c1. The molecule has 0 radical (unpaired) electrons. The number of nitrogens with zero attached hydrogens (tertiary/aromatic N) is 1. The van der Waals surface area contributed by atoms with Crippen molar-refractivity contribution in [3.63, 3.8) is 0 Å². The zero-order chi connectivity index (χ0) is 14.6. The van der Waals surface area contributed by atoms with Crippen LogP contribution in [0.3, 0.4) is 0 Å². The molecule has 4 nitrogen and oxygen atoms in total. The van der Waals surface area contributed by atoms with Gasteiger partial charge in [-0.25, -0.2) is 0 Å². The predicted molar refractivity (Wildman–Crippen MR) is 78.8 cm³/mol. The largest absolute Gasteiger partial charge is 0.368 e. The Morgan fingerprint density at radius 1 is 1.37 bits per heavy atom. The van der Waals surface area contributed by atoms with E-state index in [2.05, 4.69) is 15.9 Å². The van der Waals surface area contributed by atoms with E-state index in [1.54, 1.807) is 6.07 Å². The highest BCUT2D eigenvalue weighted by atomic mass is 79.9. The van der Waals surface area contributed by atoms with E-state index in [1.807, 2.05) is 32.9 Å². The van der Waals surface area contributed by atoms with E-state index >= 15 is 0 Å². The minimum atomic E-state index is -0.502. The number of aryl methyl sites for hydroxylation is 1. The van der Waals surface area contributed by atoms with Crippen molar-refractivity contribution >= 4 is 27.7 Å². The quantitative estimate of drug-likeness (QED) is 0.902. The van der Waals surface area contributed by atoms with Gasteiger partial charge in [0.05, 0.1) is 12.1 Å². The van der Waals surface area contributed by atoms with Crippen LogP contribution in [0, 0.1) is 12.8 Å². The number of halogens is 1. The van der Waals surface area contributed by atoms with Gasteiger partial charge in [0, 0.05) is 11.0 Å². The molecular formula is C14H19BrN2O2. The van der Waals surface area contributed by atoms with E-state index in [0.29, 0.717) is 12.1 Å². The second kappa shape index (κ2) is 6.70. The molecule has 0 aliphatic carbocycles. The first kappa shape index (κ1) is 15.7. The number of amides is 2. The molecule has 0 atom stereocenters. The smallest absolute Gasteiger partial charge is 0.255 e. The first-order valence-corrected chi connectivity index (χ1v) is 6.94. The van der Waals surface area contributed by atoms with Gasteiger partial charge in [-0.1, -0.05) is 25.5 Å². The predicted octanol–water partition coefficient (Wildman–Crippen LogP) is 2.34. The molecular weight excluding hydrogens is 308 g/mol. The highest BCUT2D eigenvalue weighted by molar-refractivity contribution is 9.10. The van der Waals surface area contributed by atoms with Crippen LogP contribution in [0.1, 0.15) is 29.8 Å². The maximum Gasteiger partial charge on any atom is 0.255 e. The maximum absolute atomic E-state index is 12.5. The monoisotopic (exact) mass is 326 g/mol. The van der Waals surface area contributed by atoms with E-state index in [1.165, 1.54) is 4.90 Å². The summed E-state index contributed by atoms with van der Waals surface area (Å²) in [5.41, 5.74) is 6.76. The molecule has 0 saturated heterocycles. The van der Waals surface area contributed by atoms with Crippen LogP contribution in [-0.4, -0.2) is 29.8 Å². The van der Waals surface area contributed by atoms with Crippen LogP contribution >= 0.6 is 15.9 Å². The third-order valence-corrected chi connectivity index (χ3v) is 3.26. The summed E-state index contributed by atoms with van der Waals surface area (Å²) in [6.45, 7) is 6.35. The molecule has 0 aromatic heterocycles. The van der Waals surface area contributed by atoms with Crippen molar-refractivity contribution in [3.05, 3.63) is 33.8 Å². The Balaban J connectivity index is 3.03. The zero-order valence-electron chi connectivity index (χ0n) is 11.4. The molecule has 0 saturated carbocycles. The summed E-state index contributed by atoms with van der Waals surface area (Å²) < 4.78 is 0.723. The van der Waals surface area contributed by atoms with Gasteiger partial charge in [-0.05, 0) is 40.9 Å². The van der Waals surface area contributed by atoms with Crippen LogP contribution in [0.15, 0.2) is 22.7 Å². The molecule has 5 heteroatoms. The van der Waals surface area contributed by atoms with Gasteiger partial charge in [-0.15, -0.1) is 0 Å². The summed E-state index contributed by atoms with van der Waals surface area (Å²) >= 11 is 3.37. The Morgan fingerprint density at radius 2 is 2.00 bits per heavy atom. The molecule has 2 amide bonds. The van der Waals surface area contributed by atoms with Gasteiger partial charge in [0.25, 0.3) is 5.91 Å². The lowest BCUT2D eigenvalue weighted by atomic mass is 10.1. The van der Waals surface area contributed by atoms with E-state index in [0.717, 1.165) is 10.0 Å². The highest BCUT2D eigenvalue weighted by Crippen LogP contribution is 2.20. The molecule has 2 N–H and O–H groups in total. The first-order valence-electron chi connectivity index (χ1n) is 6.15. The van der Waals surface area contributed by atoms with Crippen molar-refractivity contribution in [2.45, 2.75) is 20.8 Å². The minimum absolute atomic E-state index is 0.0581. The van der Waals surface area contributed by atoms with Crippen LogP contribution in [0.5, 0.6) is 0 Å². The van der Waals surface area contributed by atoms with E-state index < -0.39 is 5.91 Å². The minimum Gasteiger partial charge on any atom is -0.368 e. The summed E-state index contributed by atoms with van der Waals surface area (Å²) in [4.78, 5) is 25.1.